The fourth-order valence-corrected chi connectivity index (χ4v) is 5.75. The van der Waals surface area contributed by atoms with Crippen LogP contribution in [0, 0.1) is 12.8 Å². The van der Waals surface area contributed by atoms with Crippen molar-refractivity contribution >= 4 is 15.7 Å². The average Bonchev–Trinajstić information content (AvgIpc) is 3.26. The predicted molar refractivity (Wildman–Crippen MR) is 109 cm³/mol. The first-order valence-electron chi connectivity index (χ1n) is 9.99. The van der Waals surface area contributed by atoms with Crippen molar-refractivity contribution in [2.24, 2.45) is 5.92 Å². The number of hydrogen-bond donors (Lipinski definition) is 0. The summed E-state index contributed by atoms with van der Waals surface area (Å²) in [5, 5.41) is 4.61. The molecule has 7 heteroatoms. The number of amides is 1. The van der Waals surface area contributed by atoms with Crippen molar-refractivity contribution < 1.29 is 13.2 Å². The molecule has 0 aliphatic carbocycles. The summed E-state index contributed by atoms with van der Waals surface area (Å²) < 4.78 is 25.8. The molecule has 2 aliphatic rings. The van der Waals surface area contributed by atoms with Crippen molar-refractivity contribution in [2.75, 3.05) is 24.6 Å². The number of likely N-dealkylation sites (tertiary alicyclic amines) is 1. The van der Waals surface area contributed by atoms with Crippen LogP contribution in [0.15, 0.2) is 30.3 Å². The summed E-state index contributed by atoms with van der Waals surface area (Å²) in [4.78, 5) is 14.9. The third kappa shape index (κ3) is 3.85. The molecule has 0 N–H and O–H groups in total. The lowest BCUT2D eigenvalue weighted by molar-refractivity contribution is 0.0690. The minimum Gasteiger partial charge on any atom is -0.337 e. The van der Waals surface area contributed by atoms with E-state index >= 15 is 0 Å². The van der Waals surface area contributed by atoms with Crippen LogP contribution in [0.2, 0.25) is 0 Å². The van der Waals surface area contributed by atoms with E-state index in [1.807, 2.05) is 42.2 Å². The van der Waals surface area contributed by atoms with Gasteiger partial charge in [0.05, 0.1) is 23.2 Å². The number of rotatable bonds is 3. The van der Waals surface area contributed by atoms with E-state index in [4.69, 9.17) is 0 Å². The van der Waals surface area contributed by atoms with Crippen molar-refractivity contribution in [3.05, 3.63) is 41.6 Å². The number of nitrogens with zero attached hydrogens (tertiary/aromatic N) is 3. The number of carbonyl (C=O) groups is 1. The van der Waals surface area contributed by atoms with Gasteiger partial charge in [0.15, 0.2) is 15.5 Å². The zero-order valence-corrected chi connectivity index (χ0v) is 17.3. The molecule has 1 aromatic heterocycles. The maximum absolute atomic E-state index is 13.0. The van der Waals surface area contributed by atoms with Gasteiger partial charge in [-0.3, -0.25) is 9.48 Å². The highest BCUT2D eigenvalue weighted by atomic mass is 32.2. The lowest BCUT2D eigenvalue weighted by atomic mass is 9.99. The van der Waals surface area contributed by atoms with Gasteiger partial charge in [0, 0.05) is 13.1 Å². The minimum absolute atomic E-state index is 0.0557. The fraction of sp³-hybridized carbons (Fsp3) is 0.524. The first-order valence-corrected chi connectivity index (χ1v) is 11.8. The standard InChI is InChI=1S/C21H27N3O3S/c1-15-3-5-17(6-4-15)20-13-19(21(25)23-10-7-16(2)8-11-23)22-24(20)18-9-12-28(26,27)14-18/h3-6,13,16,18H,7-12,14H2,1-2H3/t18-/m0/s1. The van der Waals surface area contributed by atoms with Crippen molar-refractivity contribution in [2.45, 2.75) is 39.2 Å². The number of benzene rings is 1. The summed E-state index contributed by atoms with van der Waals surface area (Å²) in [5.74, 6) is 0.855. The predicted octanol–water partition coefficient (Wildman–Crippen LogP) is 3.09. The van der Waals surface area contributed by atoms with E-state index in [-0.39, 0.29) is 23.5 Å². The lowest BCUT2D eigenvalue weighted by Gasteiger charge is -2.29. The second-order valence-corrected chi connectivity index (χ2v) is 10.5. The van der Waals surface area contributed by atoms with Gasteiger partial charge < -0.3 is 4.90 Å². The van der Waals surface area contributed by atoms with Crippen LogP contribution in [0.1, 0.15) is 48.3 Å². The van der Waals surface area contributed by atoms with Crippen LogP contribution < -0.4 is 0 Å². The van der Waals surface area contributed by atoms with E-state index in [2.05, 4.69) is 12.0 Å². The van der Waals surface area contributed by atoms with Gasteiger partial charge in [0.1, 0.15) is 0 Å². The topological polar surface area (TPSA) is 72.3 Å². The van der Waals surface area contributed by atoms with Crippen molar-refractivity contribution in [3.8, 4) is 11.3 Å². The largest absolute Gasteiger partial charge is 0.337 e. The van der Waals surface area contributed by atoms with Crippen LogP contribution in [0.5, 0.6) is 0 Å². The molecule has 0 radical (unpaired) electrons. The highest BCUT2D eigenvalue weighted by Gasteiger charge is 2.33. The molecule has 0 bridgehead atoms. The second kappa shape index (κ2) is 7.35. The number of sulfone groups is 1. The van der Waals surface area contributed by atoms with E-state index in [9.17, 15) is 13.2 Å². The first kappa shape index (κ1) is 19.2. The van der Waals surface area contributed by atoms with E-state index < -0.39 is 9.84 Å². The molecule has 2 fully saturated rings. The van der Waals surface area contributed by atoms with Crippen molar-refractivity contribution in [1.82, 2.24) is 14.7 Å². The van der Waals surface area contributed by atoms with Gasteiger partial charge in [-0.2, -0.15) is 5.10 Å². The molecule has 0 saturated carbocycles. The number of piperidine rings is 1. The van der Waals surface area contributed by atoms with Crippen molar-refractivity contribution in [1.29, 1.82) is 0 Å². The second-order valence-electron chi connectivity index (χ2n) is 8.26. The molecule has 1 atom stereocenters. The Morgan fingerprint density at radius 2 is 1.79 bits per heavy atom. The van der Waals surface area contributed by atoms with Gasteiger partial charge >= 0.3 is 0 Å². The highest BCUT2D eigenvalue weighted by molar-refractivity contribution is 7.91. The van der Waals surface area contributed by atoms with Gasteiger partial charge in [0.25, 0.3) is 5.91 Å². The Hall–Kier alpha value is -2.15. The van der Waals surface area contributed by atoms with E-state index in [1.165, 1.54) is 0 Å². The molecule has 0 spiro atoms. The molecule has 0 unspecified atom stereocenters. The summed E-state index contributed by atoms with van der Waals surface area (Å²) in [6.07, 6.45) is 2.56. The molecule has 28 heavy (non-hydrogen) atoms. The third-order valence-corrected chi connectivity index (χ3v) is 7.68. The quantitative estimate of drug-likeness (QED) is 0.792. The SMILES string of the molecule is Cc1ccc(-c2cc(C(=O)N3CCC(C)CC3)nn2[C@H]2CCS(=O)(=O)C2)cc1. The van der Waals surface area contributed by atoms with Gasteiger partial charge in [-0.15, -0.1) is 0 Å². The molecule has 6 nitrogen and oxygen atoms in total. The zero-order chi connectivity index (χ0) is 19.9. The number of carbonyl (C=O) groups excluding carboxylic acids is 1. The molecule has 1 amide bonds. The van der Waals surface area contributed by atoms with Gasteiger partial charge in [0.2, 0.25) is 0 Å². The van der Waals surface area contributed by atoms with E-state index in [0.717, 1.165) is 42.8 Å². The van der Waals surface area contributed by atoms with E-state index in [1.54, 1.807) is 4.68 Å². The minimum atomic E-state index is -3.04. The number of hydrogen-bond acceptors (Lipinski definition) is 4. The summed E-state index contributed by atoms with van der Waals surface area (Å²) in [6, 6.07) is 9.66. The smallest absolute Gasteiger partial charge is 0.274 e. The molecular weight excluding hydrogens is 374 g/mol. The van der Waals surface area contributed by atoms with Crippen LogP contribution in [0.4, 0.5) is 0 Å². The van der Waals surface area contributed by atoms with Crippen LogP contribution in [-0.4, -0.2) is 53.6 Å². The molecule has 2 aliphatic heterocycles. The third-order valence-electron chi connectivity index (χ3n) is 5.93. The van der Waals surface area contributed by atoms with E-state index in [0.29, 0.717) is 18.0 Å². The normalized spacial score (nSPS) is 22.5. The summed E-state index contributed by atoms with van der Waals surface area (Å²) in [6.45, 7) is 5.75. The van der Waals surface area contributed by atoms with Crippen molar-refractivity contribution in [3.63, 3.8) is 0 Å². The molecule has 3 heterocycles. The molecule has 1 aromatic carbocycles. The number of aryl methyl sites for hydroxylation is 1. The Bertz CT molecular complexity index is 971. The first-order chi connectivity index (χ1) is 13.3. The molecule has 2 saturated heterocycles. The van der Waals surface area contributed by atoms with Crippen LogP contribution in [0.3, 0.4) is 0 Å². The summed E-state index contributed by atoms with van der Waals surface area (Å²) in [5.41, 5.74) is 3.33. The molecule has 4 rings (SSSR count). The van der Waals surface area contributed by atoms with Gasteiger partial charge in [-0.1, -0.05) is 36.8 Å². The maximum Gasteiger partial charge on any atom is 0.274 e. The molecule has 2 aromatic rings. The Balaban J connectivity index is 1.69. The van der Waals surface area contributed by atoms with Crippen LogP contribution in [0.25, 0.3) is 11.3 Å². The van der Waals surface area contributed by atoms with Crippen LogP contribution in [-0.2, 0) is 9.84 Å². The maximum atomic E-state index is 13.0. The Labute approximate surface area is 166 Å². The number of aromatic nitrogens is 2. The Morgan fingerprint density at radius 1 is 1.11 bits per heavy atom. The fourth-order valence-electron chi connectivity index (χ4n) is 4.06. The summed E-state index contributed by atoms with van der Waals surface area (Å²) >= 11 is 0. The highest BCUT2D eigenvalue weighted by Crippen LogP contribution is 2.31. The average molecular weight is 402 g/mol. The van der Waals surface area contributed by atoms with Gasteiger partial charge in [-0.25, -0.2) is 8.42 Å². The van der Waals surface area contributed by atoms with Crippen LogP contribution >= 0.6 is 0 Å². The molecule has 150 valence electrons. The Kier molecular flexibility index (Phi) is 5.04. The molecular formula is C21H27N3O3S. The monoisotopic (exact) mass is 401 g/mol. The van der Waals surface area contributed by atoms with Gasteiger partial charge in [-0.05, 0) is 43.7 Å². The lowest BCUT2D eigenvalue weighted by Crippen LogP contribution is -2.38. The summed E-state index contributed by atoms with van der Waals surface area (Å²) in [7, 11) is -3.04. The zero-order valence-electron chi connectivity index (χ0n) is 16.5. The Morgan fingerprint density at radius 3 is 2.39 bits per heavy atom.